The number of imide groups is 1. The molecule has 206 valence electrons. The lowest BCUT2D eigenvalue weighted by molar-refractivity contribution is -0.136. The van der Waals surface area contributed by atoms with Gasteiger partial charge in [-0.25, -0.2) is 4.79 Å². The van der Waals surface area contributed by atoms with Gasteiger partial charge < -0.3 is 26.0 Å². The maximum absolute atomic E-state index is 12.8. The molecule has 2 aliphatic heterocycles. The lowest BCUT2D eigenvalue weighted by atomic mass is 9.82. The largest absolute Gasteiger partial charge is 0.493 e. The van der Waals surface area contributed by atoms with E-state index in [9.17, 15) is 19.2 Å². The van der Waals surface area contributed by atoms with E-state index in [2.05, 4.69) is 16.0 Å². The van der Waals surface area contributed by atoms with E-state index in [0.717, 1.165) is 36.3 Å². The summed E-state index contributed by atoms with van der Waals surface area (Å²) in [6.07, 6.45) is 5.19. The van der Waals surface area contributed by atoms with E-state index in [-0.39, 0.29) is 30.8 Å². The Hall–Kier alpha value is -3.92. The van der Waals surface area contributed by atoms with Crippen LogP contribution in [0.25, 0.3) is 0 Å². The second kappa shape index (κ2) is 11.9. The Balaban J connectivity index is 1.08. The summed E-state index contributed by atoms with van der Waals surface area (Å²) in [5, 5.41) is 7.97. The summed E-state index contributed by atoms with van der Waals surface area (Å²) >= 11 is 0. The third-order valence-corrected chi connectivity index (χ3v) is 7.94. The van der Waals surface area contributed by atoms with Crippen LogP contribution in [0.3, 0.4) is 0 Å². The van der Waals surface area contributed by atoms with Gasteiger partial charge in [-0.1, -0.05) is 12.1 Å². The lowest BCUT2D eigenvalue weighted by Crippen LogP contribution is -2.52. The van der Waals surface area contributed by atoms with Crippen LogP contribution in [0, 0.1) is 11.8 Å². The number of nitrogens with zero attached hydrogens (tertiary/aromatic N) is 1. The summed E-state index contributed by atoms with van der Waals surface area (Å²) < 4.78 is 5.96. The number of nitrogens with two attached hydrogens (primary N) is 1. The third kappa shape index (κ3) is 6.39. The van der Waals surface area contributed by atoms with Crippen molar-refractivity contribution in [1.29, 1.82) is 0 Å². The number of hydrogen-bond acceptors (Lipinski definition) is 6. The van der Waals surface area contributed by atoms with Gasteiger partial charge in [-0.3, -0.25) is 19.7 Å². The van der Waals surface area contributed by atoms with Crippen LogP contribution in [0.15, 0.2) is 42.5 Å². The number of anilines is 1. The number of urea groups is 1. The second-order valence-corrected chi connectivity index (χ2v) is 10.7. The fourth-order valence-electron chi connectivity index (χ4n) is 5.58. The summed E-state index contributed by atoms with van der Waals surface area (Å²) in [7, 11) is 0. The number of ether oxygens (including phenoxy) is 1. The Morgan fingerprint density at radius 2 is 1.74 bits per heavy atom. The van der Waals surface area contributed by atoms with E-state index in [1.807, 2.05) is 30.3 Å². The molecule has 0 radical (unpaired) electrons. The summed E-state index contributed by atoms with van der Waals surface area (Å²) in [5.74, 6) is 1.03. The number of hydrogen-bond donors (Lipinski definition) is 4. The van der Waals surface area contributed by atoms with Crippen molar-refractivity contribution in [2.75, 3.05) is 18.5 Å². The first-order valence-corrected chi connectivity index (χ1v) is 13.6. The zero-order valence-corrected chi connectivity index (χ0v) is 21.9. The highest BCUT2D eigenvalue weighted by atomic mass is 16.5. The fraction of sp³-hybridized carbons (Fsp3) is 0.448. The average Bonchev–Trinajstić information content (AvgIpc) is 3.27. The summed E-state index contributed by atoms with van der Waals surface area (Å²) in [6, 6.07) is 11.7. The van der Waals surface area contributed by atoms with Gasteiger partial charge in [0.05, 0.1) is 6.61 Å². The van der Waals surface area contributed by atoms with E-state index in [1.54, 1.807) is 12.1 Å². The number of benzene rings is 2. The van der Waals surface area contributed by atoms with Gasteiger partial charge in [-0.2, -0.15) is 0 Å². The Morgan fingerprint density at radius 1 is 1.00 bits per heavy atom. The number of carbonyl (C=O) groups excluding carboxylic acids is 4. The summed E-state index contributed by atoms with van der Waals surface area (Å²) in [5.41, 5.74) is 8.61. The third-order valence-electron chi connectivity index (χ3n) is 7.94. The van der Waals surface area contributed by atoms with Crippen molar-refractivity contribution < 1.29 is 23.9 Å². The standard InChI is InChI=1S/C29H35N5O5/c30-14-18-1-3-19(4-2-18)17-39-23-8-6-22(7-9-23)32-29(38)31-15-20-5-10-24-21(13-20)16-34(28(24)37)25-11-12-26(35)33-27(25)36/h5-10,13,18-19,25H,1-4,11-12,14-17,30H2,(H2,31,32,38)(H,33,35,36)/t18-,19-,25?. The molecule has 1 atom stereocenters. The predicted octanol–water partition coefficient (Wildman–Crippen LogP) is 2.91. The monoisotopic (exact) mass is 533 g/mol. The number of piperidine rings is 1. The van der Waals surface area contributed by atoms with Gasteiger partial charge in [-0.15, -0.1) is 0 Å². The van der Waals surface area contributed by atoms with E-state index < -0.39 is 11.9 Å². The Labute approximate surface area is 227 Å². The Kier molecular flexibility index (Phi) is 8.11. The molecule has 5 N–H and O–H groups in total. The van der Waals surface area contributed by atoms with Gasteiger partial charge in [0.2, 0.25) is 11.8 Å². The van der Waals surface area contributed by atoms with Crippen molar-refractivity contribution in [3.05, 3.63) is 59.2 Å². The minimum atomic E-state index is -0.650. The van der Waals surface area contributed by atoms with Crippen LogP contribution in [0.1, 0.15) is 60.0 Å². The molecule has 3 aliphatic rings. The van der Waals surface area contributed by atoms with Crippen molar-refractivity contribution in [3.63, 3.8) is 0 Å². The topological polar surface area (TPSA) is 143 Å². The quantitative estimate of drug-likeness (QED) is 0.384. The number of rotatable bonds is 8. The van der Waals surface area contributed by atoms with E-state index in [4.69, 9.17) is 10.5 Å². The number of amides is 5. The molecule has 2 aromatic rings. The molecule has 1 unspecified atom stereocenters. The van der Waals surface area contributed by atoms with Gasteiger partial charge in [0, 0.05) is 30.8 Å². The maximum Gasteiger partial charge on any atom is 0.319 e. The van der Waals surface area contributed by atoms with Gasteiger partial charge in [0.1, 0.15) is 11.8 Å². The molecule has 2 heterocycles. The SMILES string of the molecule is NC[C@H]1CC[C@H](COc2ccc(NC(=O)NCc3ccc4c(c3)CN(C3CCC(=O)NC3=O)C4=O)cc2)CC1. The molecule has 1 saturated heterocycles. The molecule has 10 heteroatoms. The first-order chi connectivity index (χ1) is 18.9. The molecule has 39 heavy (non-hydrogen) atoms. The molecule has 5 amide bonds. The van der Waals surface area contributed by atoms with Crippen LogP contribution in [-0.2, 0) is 22.7 Å². The van der Waals surface area contributed by atoms with Gasteiger partial charge >= 0.3 is 6.03 Å². The molecule has 5 rings (SSSR count). The van der Waals surface area contributed by atoms with Crippen LogP contribution >= 0.6 is 0 Å². The molecule has 0 bridgehead atoms. The Bertz CT molecular complexity index is 1240. The van der Waals surface area contributed by atoms with Crippen LogP contribution < -0.4 is 26.4 Å². The second-order valence-electron chi connectivity index (χ2n) is 10.7. The zero-order chi connectivity index (χ0) is 27.4. The summed E-state index contributed by atoms with van der Waals surface area (Å²) in [6.45, 7) is 2.04. The molecule has 2 fully saturated rings. The normalized spacial score (nSPS) is 22.7. The van der Waals surface area contributed by atoms with Crippen LogP contribution in [0.2, 0.25) is 0 Å². The van der Waals surface area contributed by atoms with Crippen molar-refractivity contribution in [2.45, 2.75) is 57.7 Å². The zero-order valence-electron chi connectivity index (χ0n) is 21.9. The van der Waals surface area contributed by atoms with Crippen molar-refractivity contribution >= 4 is 29.4 Å². The smallest absolute Gasteiger partial charge is 0.319 e. The van der Waals surface area contributed by atoms with Crippen LogP contribution in [0.4, 0.5) is 10.5 Å². The number of carbonyl (C=O) groups is 4. The van der Waals surface area contributed by atoms with Gasteiger partial charge in [-0.05, 0) is 91.9 Å². The minimum absolute atomic E-state index is 0.215. The molecule has 2 aromatic carbocycles. The fourth-order valence-corrected chi connectivity index (χ4v) is 5.58. The molecule has 0 spiro atoms. The highest BCUT2D eigenvalue weighted by Gasteiger charge is 2.39. The molecular weight excluding hydrogens is 498 g/mol. The first kappa shape index (κ1) is 26.7. The molecule has 0 aromatic heterocycles. The van der Waals surface area contributed by atoms with Crippen molar-refractivity contribution in [2.24, 2.45) is 17.6 Å². The van der Waals surface area contributed by atoms with Crippen molar-refractivity contribution in [3.8, 4) is 5.75 Å². The van der Waals surface area contributed by atoms with Crippen LogP contribution in [-0.4, -0.2) is 47.8 Å². The summed E-state index contributed by atoms with van der Waals surface area (Å²) in [4.78, 5) is 50.5. The predicted molar refractivity (Wildman–Crippen MR) is 145 cm³/mol. The number of nitrogens with one attached hydrogen (secondary N) is 3. The maximum atomic E-state index is 12.8. The van der Waals surface area contributed by atoms with E-state index in [1.165, 1.54) is 17.7 Å². The molecule has 1 aliphatic carbocycles. The van der Waals surface area contributed by atoms with Gasteiger partial charge in [0.25, 0.3) is 5.91 Å². The number of fused-ring (bicyclic) bond motifs is 1. The van der Waals surface area contributed by atoms with Gasteiger partial charge in [0.15, 0.2) is 0 Å². The lowest BCUT2D eigenvalue weighted by Gasteiger charge is -2.29. The van der Waals surface area contributed by atoms with Crippen molar-refractivity contribution in [1.82, 2.24) is 15.5 Å². The minimum Gasteiger partial charge on any atom is -0.493 e. The highest BCUT2D eigenvalue weighted by molar-refractivity contribution is 6.05. The van der Waals surface area contributed by atoms with E-state index in [0.29, 0.717) is 42.7 Å². The molecule has 10 nitrogen and oxygen atoms in total. The average molecular weight is 534 g/mol. The Morgan fingerprint density at radius 3 is 2.46 bits per heavy atom. The first-order valence-electron chi connectivity index (χ1n) is 13.6. The van der Waals surface area contributed by atoms with Crippen LogP contribution in [0.5, 0.6) is 5.75 Å². The van der Waals surface area contributed by atoms with E-state index >= 15 is 0 Å². The highest BCUT2D eigenvalue weighted by Crippen LogP contribution is 2.30. The molecular formula is C29H35N5O5. The molecule has 1 saturated carbocycles.